The number of hydrogen-bond acceptors (Lipinski definition) is 2. The molecule has 0 heterocycles. The predicted octanol–water partition coefficient (Wildman–Crippen LogP) is 3.53. The van der Waals surface area contributed by atoms with Crippen molar-refractivity contribution >= 4 is 31.6 Å². The number of halogens is 3. The maximum Gasteiger partial charge on any atom is 0.262 e. The molecule has 0 radical (unpaired) electrons. The fourth-order valence-corrected chi connectivity index (χ4v) is 2.74. The van der Waals surface area contributed by atoms with Crippen molar-refractivity contribution in [3.05, 3.63) is 58.6 Å². The van der Waals surface area contributed by atoms with Crippen LogP contribution in [0.4, 0.5) is 14.5 Å². The molecule has 0 aliphatic carbocycles. The molecule has 1 N–H and O–H groups in total. The van der Waals surface area contributed by atoms with E-state index in [9.17, 15) is 17.2 Å². The summed E-state index contributed by atoms with van der Waals surface area (Å²) in [5.41, 5.74) is -0.689. The number of para-hydroxylation sites is 1. The van der Waals surface area contributed by atoms with Crippen molar-refractivity contribution in [3.63, 3.8) is 0 Å². The summed E-state index contributed by atoms with van der Waals surface area (Å²) in [6.07, 6.45) is 0. The Hall–Kier alpha value is -1.47. The molecule has 0 saturated carbocycles. The van der Waals surface area contributed by atoms with Gasteiger partial charge in [-0.3, -0.25) is 4.72 Å². The Labute approximate surface area is 117 Å². The molecule has 0 aliphatic heterocycles. The summed E-state index contributed by atoms with van der Waals surface area (Å²) < 4.78 is 53.3. The van der Waals surface area contributed by atoms with Crippen LogP contribution >= 0.6 is 15.9 Å². The van der Waals surface area contributed by atoms with E-state index in [0.717, 1.165) is 18.2 Å². The van der Waals surface area contributed by atoms with Gasteiger partial charge in [0.15, 0.2) is 0 Å². The van der Waals surface area contributed by atoms with Gasteiger partial charge in [-0.2, -0.15) is 0 Å². The molecule has 100 valence electrons. The lowest BCUT2D eigenvalue weighted by molar-refractivity contribution is 0.583. The molecule has 0 amide bonds. The van der Waals surface area contributed by atoms with E-state index in [1.54, 1.807) is 0 Å². The van der Waals surface area contributed by atoms with Crippen molar-refractivity contribution in [2.24, 2.45) is 0 Å². The van der Waals surface area contributed by atoms with E-state index in [2.05, 4.69) is 15.9 Å². The number of rotatable bonds is 3. The molecule has 2 aromatic carbocycles. The number of hydrogen-bond donors (Lipinski definition) is 1. The zero-order valence-electron chi connectivity index (χ0n) is 9.40. The Kier molecular flexibility index (Phi) is 3.86. The third-order valence-corrected chi connectivity index (χ3v) is 4.22. The van der Waals surface area contributed by atoms with Gasteiger partial charge in [0, 0.05) is 4.47 Å². The first-order valence-electron chi connectivity index (χ1n) is 5.12. The SMILES string of the molecule is O=S(=O)(Nc1c(F)cccc1F)c1ccc(Br)cc1. The number of benzene rings is 2. The second-order valence-electron chi connectivity index (χ2n) is 3.66. The largest absolute Gasteiger partial charge is 0.274 e. The highest BCUT2D eigenvalue weighted by atomic mass is 79.9. The predicted molar refractivity (Wildman–Crippen MR) is 71.3 cm³/mol. The molecule has 19 heavy (non-hydrogen) atoms. The van der Waals surface area contributed by atoms with Gasteiger partial charge in [-0.05, 0) is 36.4 Å². The Bertz CT molecular complexity index is 682. The van der Waals surface area contributed by atoms with Gasteiger partial charge >= 0.3 is 0 Å². The summed E-state index contributed by atoms with van der Waals surface area (Å²) in [6, 6.07) is 8.79. The maximum absolute atomic E-state index is 13.4. The Morgan fingerprint density at radius 2 is 1.47 bits per heavy atom. The van der Waals surface area contributed by atoms with Crippen molar-refractivity contribution in [3.8, 4) is 0 Å². The molecule has 0 aliphatic rings. The van der Waals surface area contributed by atoms with Gasteiger partial charge in [-0.1, -0.05) is 22.0 Å². The van der Waals surface area contributed by atoms with E-state index in [4.69, 9.17) is 0 Å². The lowest BCUT2D eigenvalue weighted by Gasteiger charge is -2.09. The molecule has 0 atom stereocenters. The summed E-state index contributed by atoms with van der Waals surface area (Å²) in [4.78, 5) is -0.0849. The van der Waals surface area contributed by atoms with Gasteiger partial charge in [-0.25, -0.2) is 17.2 Å². The van der Waals surface area contributed by atoms with Crippen LogP contribution in [0, 0.1) is 11.6 Å². The normalized spacial score (nSPS) is 11.3. The standard InChI is InChI=1S/C12H8BrF2NO2S/c13-8-4-6-9(7-5-8)19(17,18)16-12-10(14)2-1-3-11(12)15/h1-7,16H. The third kappa shape index (κ3) is 3.10. The summed E-state index contributed by atoms with van der Waals surface area (Å²) in [5.74, 6) is -1.94. The summed E-state index contributed by atoms with van der Waals surface area (Å²) in [7, 11) is -4.03. The molecule has 3 nitrogen and oxygen atoms in total. The van der Waals surface area contributed by atoms with Crippen LogP contribution in [0.2, 0.25) is 0 Å². The molecular formula is C12H8BrF2NO2S. The van der Waals surface area contributed by atoms with Crippen molar-refractivity contribution < 1.29 is 17.2 Å². The molecule has 2 rings (SSSR count). The Morgan fingerprint density at radius 1 is 0.947 bits per heavy atom. The first-order chi connectivity index (χ1) is 8.90. The van der Waals surface area contributed by atoms with Crippen molar-refractivity contribution in [2.75, 3.05) is 4.72 Å². The fourth-order valence-electron chi connectivity index (χ4n) is 1.40. The van der Waals surface area contributed by atoms with Crippen LogP contribution in [0.25, 0.3) is 0 Å². The molecular weight excluding hydrogens is 340 g/mol. The zero-order valence-corrected chi connectivity index (χ0v) is 11.8. The second kappa shape index (κ2) is 5.26. The van der Waals surface area contributed by atoms with Crippen LogP contribution in [0.15, 0.2) is 51.8 Å². The van der Waals surface area contributed by atoms with Gasteiger partial charge in [0.25, 0.3) is 10.0 Å². The number of sulfonamides is 1. The molecule has 0 aromatic heterocycles. The fraction of sp³-hybridized carbons (Fsp3) is 0. The van der Waals surface area contributed by atoms with E-state index in [0.29, 0.717) is 4.47 Å². The summed E-state index contributed by atoms with van der Waals surface area (Å²) >= 11 is 3.17. The Balaban J connectivity index is 2.39. The topological polar surface area (TPSA) is 46.2 Å². The van der Waals surface area contributed by atoms with Gasteiger partial charge < -0.3 is 0 Å². The second-order valence-corrected chi connectivity index (χ2v) is 6.25. The van der Waals surface area contributed by atoms with Gasteiger partial charge in [0.05, 0.1) is 4.90 Å². The highest BCUT2D eigenvalue weighted by Crippen LogP contribution is 2.23. The van der Waals surface area contributed by atoms with Gasteiger partial charge in [-0.15, -0.1) is 0 Å². The minimum atomic E-state index is -4.03. The molecule has 0 unspecified atom stereocenters. The average molecular weight is 348 g/mol. The van der Waals surface area contributed by atoms with Gasteiger partial charge in [0.1, 0.15) is 17.3 Å². The molecule has 0 spiro atoms. The lowest BCUT2D eigenvalue weighted by atomic mass is 10.3. The van der Waals surface area contributed by atoms with E-state index in [1.807, 2.05) is 4.72 Å². The lowest BCUT2D eigenvalue weighted by Crippen LogP contribution is -2.15. The zero-order chi connectivity index (χ0) is 14.0. The minimum Gasteiger partial charge on any atom is -0.274 e. The highest BCUT2D eigenvalue weighted by molar-refractivity contribution is 9.10. The van der Waals surface area contributed by atoms with Crippen molar-refractivity contribution in [1.29, 1.82) is 0 Å². The first-order valence-corrected chi connectivity index (χ1v) is 7.40. The van der Waals surface area contributed by atoms with Crippen molar-refractivity contribution in [1.82, 2.24) is 0 Å². The first kappa shape index (κ1) is 14.0. The minimum absolute atomic E-state index is 0.0849. The van der Waals surface area contributed by atoms with Crippen LogP contribution in [0.5, 0.6) is 0 Å². The van der Waals surface area contributed by atoms with E-state index >= 15 is 0 Å². The quantitative estimate of drug-likeness (QED) is 0.923. The summed E-state index contributed by atoms with van der Waals surface area (Å²) in [6.45, 7) is 0. The van der Waals surface area contributed by atoms with Crippen LogP contribution in [0.1, 0.15) is 0 Å². The van der Waals surface area contributed by atoms with Crippen LogP contribution in [-0.2, 0) is 10.0 Å². The van der Waals surface area contributed by atoms with E-state index in [1.165, 1.54) is 24.3 Å². The van der Waals surface area contributed by atoms with Crippen LogP contribution < -0.4 is 4.72 Å². The van der Waals surface area contributed by atoms with Crippen LogP contribution in [0.3, 0.4) is 0 Å². The molecule has 0 saturated heterocycles. The monoisotopic (exact) mass is 347 g/mol. The van der Waals surface area contributed by atoms with Crippen molar-refractivity contribution in [2.45, 2.75) is 4.90 Å². The number of anilines is 1. The Morgan fingerprint density at radius 3 is 2.00 bits per heavy atom. The van der Waals surface area contributed by atoms with Gasteiger partial charge in [0.2, 0.25) is 0 Å². The molecule has 0 bridgehead atoms. The van der Waals surface area contributed by atoms with E-state index in [-0.39, 0.29) is 4.90 Å². The summed E-state index contributed by atoms with van der Waals surface area (Å²) in [5, 5.41) is 0. The smallest absolute Gasteiger partial charge is 0.262 e. The maximum atomic E-state index is 13.4. The van der Waals surface area contributed by atoms with Crippen LogP contribution in [-0.4, -0.2) is 8.42 Å². The molecule has 7 heteroatoms. The molecule has 0 fully saturated rings. The number of nitrogens with one attached hydrogen (secondary N) is 1. The average Bonchev–Trinajstić information content (AvgIpc) is 2.35. The highest BCUT2D eigenvalue weighted by Gasteiger charge is 2.18. The van der Waals surface area contributed by atoms with E-state index < -0.39 is 27.3 Å². The third-order valence-electron chi connectivity index (χ3n) is 2.32. The molecule has 2 aromatic rings.